The highest BCUT2D eigenvalue weighted by Crippen LogP contribution is 2.32. The SMILES string of the molecule is CCOc1ccc([C@@H]2C(C(=O)Nc3ccccc3)=C(C)N=c3s/c(=C\c4ccc(-c5ccc(F)c([N+](=O)[O-])c5)o4)c(=O)n32)cc1. The number of amides is 1. The average molecular weight is 625 g/mol. The van der Waals surface area contributed by atoms with Gasteiger partial charge in [0.25, 0.3) is 11.5 Å². The Morgan fingerprint density at radius 1 is 1.13 bits per heavy atom. The van der Waals surface area contributed by atoms with E-state index in [9.17, 15) is 24.1 Å². The molecule has 0 unspecified atom stereocenters. The summed E-state index contributed by atoms with van der Waals surface area (Å²) in [5, 5.41) is 14.1. The van der Waals surface area contributed by atoms with Crippen molar-refractivity contribution in [1.82, 2.24) is 4.57 Å². The van der Waals surface area contributed by atoms with Crippen molar-refractivity contribution < 1.29 is 23.3 Å². The van der Waals surface area contributed by atoms with Gasteiger partial charge >= 0.3 is 5.69 Å². The summed E-state index contributed by atoms with van der Waals surface area (Å²) in [6.07, 6.45) is 1.55. The van der Waals surface area contributed by atoms with Crippen molar-refractivity contribution in [1.29, 1.82) is 0 Å². The molecule has 0 spiro atoms. The molecule has 0 saturated heterocycles. The number of thiazole rings is 1. The smallest absolute Gasteiger partial charge is 0.305 e. The summed E-state index contributed by atoms with van der Waals surface area (Å²) in [7, 11) is 0. The minimum absolute atomic E-state index is 0.264. The largest absolute Gasteiger partial charge is 0.494 e. The zero-order chi connectivity index (χ0) is 31.7. The van der Waals surface area contributed by atoms with Gasteiger partial charge in [0, 0.05) is 23.4 Å². The molecule has 1 N–H and O–H groups in total. The van der Waals surface area contributed by atoms with Gasteiger partial charge in [-0.3, -0.25) is 24.3 Å². The summed E-state index contributed by atoms with van der Waals surface area (Å²) >= 11 is 1.14. The summed E-state index contributed by atoms with van der Waals surface area (Å²) in [6.45, 7) is 4.11. The fraction of sp³-hybridized carbons (Fsp3) is 0.121. The highest BCUT2D eigenvalue weighted by atomic mass is 32.1. The number of aromatic nitrogens is 1. The van der Waals surface area contributed by atoms with Crippen molar-refractivity contribution in [3.63, 3.8) is 0 Å². The van der Waals surface area contributed by atoms with Crippen molar-refractivity contribution in [2.24, 2.45) is 4.99 Å². The van der Waals surface area contributed by atoms with Crippen LogP contribution < -0.4 is 24.9 Å². The highest BCUT2D eigenvalue weighted by Gasteiger charge is 2.32. The summed E-state index contributed by atoms with van der Waals surface area (Å²) in [5.41, 5.74) is 1.33. The van der Waals surface area contributed by atoms with Gasteiger partial charge in [-0.05, 0) is 67.9 Å². The quantitative estimate of drug-likeness (QED) is 0.177. The number of hydrogen-bond acceptors (Lipinski definition) is 8. The Morgan fingerprint density at radius 2 is 1.89 bits per heavy atom. The standard InChI is InChI=1S/C33H25FN4O6S/c1-3-43-23-12-9-20(10-13-23)30-29(31(39)36-22-7-5-4-6-8-22)19(2)35-33-37(30)32(40)28(45-33)18-24-14-16-27(44-24)21-11-15-25(34)26(17-21)38(41)42/h4-18,30H,3H2,1-2H3,(H,36,39)/b28-18-/t30-/m1/s1. The number of carbonyl (C=O) groups is 1. The van der Waals surface area contributed by atoms with Crippen LogP contribution in [-0.4, -0.2) is 22.0 Å². The van der Waals surface area contributed by atoms with Crippen molar-refractivity contribution in [3.05, 3.63) is 143 Å². The summed E-state index contributed by atoms with van der Waals surface area (Å²) in [4.78, 5) is 43.1. The molecular formula is C33H25FN4O6S. The predicted octanol–water partition coefficient (Wildman–Crippen LogP) is 5.58. The maximum absolute atomic E-state index is 14.0. The Labute approximate surface area is 259 Å². The van der Waals surface area contributed by atoms with Crippen LogP contribution in [0.3, 0.4) is 0 Å². The van der Waals surface area contributed by atoms with Gasteiger partial charge in [-0.2, -0.15) is 4.39 Å². The van der Waals surface area contributed by atoms with Crippen LogP contribution in [0.2, 0.25) is 0 Å². The van der Waals surface area contributed by atoms with Crippen LogP contribution in [0.4, 0.5) is 15.8 Å². The lowest BCUT2D eigenvalue weighted by molar-refractivity contribution is -0.387. The van der Waals surface area contributed by atoms with E-state index in [2.05, 4.69) is 10.3 Å². The molecule has 2 aromatic heterocycles. The maximum atomic E-state index is 14.0. The third-order valence-electron chi connectivity index (χ3n) is 7.13. The van der Waals surface area contributed by atoms with E-state index >= 15 is 0 Å². The molecule has 0 radical (unpaired) electrons. The van der Waals surface area contributed by atoms with Gasteiger partial charge in [-0.25, -0.2) is 4.99 Å². The molecule has 1 aliphatic rings. The number of nitro groups is 1. The number of para-hydroxylation sites is 1. The van der Waals surface area contributed by atoms with Crippen molar-refractivity contribution in [2.75, 3.05) is 11.9 Å². The van der Waals surface area contributed by atoms with Gasteiger partial charge < -0.3 is 14.5 Å². The van der Waals surface area contributed by atoms with E-state index in [4.69, 9.17) is 9.15 Å². The number of nitro benzene ring substituents is 1. The molecule has 5 aromatic rings. The molecule has 10 nitrogen and oxygen atoms in total. The fourth-order valence-corrected chi connectivity index (χ4v) is 6.11. The first-order valence-electron chi connectivity index (χ1n) is 13.9. The number of benzene rings is 3. The van der Waals surface area contributed by atoms with E-state index in [1.54, 1.807) is 49.4 Å². The summed E-state index contributed by atoms with van der Waals surface area (Å²) in [6, 6.07) is 22.1. The molecule has 45 heavy (non-hydrogen) atoms. The molecule has 1 amide bonds. The first-order chi connectivity index (χ1) is 21.7. The molecule has 6 rings (SSSR count). The van der Waals surface area contributed by atoms with Gasteiger partial charge in [-0.15, -0.1) is 0 Å². The number of nitrogens with zero attached hydrogens (tertiary/aromatic N) is 3. The Kier molecular flexibility index (Phi) is 7.97. The van der Waals surface area contributed by atoms with E-state index in [0.717, 1.165) is 23.5 Å². The number of hydrogen-bond donors (Lipinski definition) is 1. The van der Waals surface area contributed by atoms with E-state index in [-0.39, 0.29) is 17.2 Å². The van der Waals surface area contributed by atoms with E-state index in [0.29, 0.717) is 55.5 Å². The maximum Gasteiger partial charge on any atom is 0.305 e. The average Bonchev–Trinajstić information content (AvgIpc) is 3.61. The number of furan rings is 1. The predicted molar refractivity (Wildman–Crippen MR) is 167 cm³/mol. The number of allylic oxidation sites excluding steroid dienone is 1. The van der Waals surface area contributed by atoms with E-state index in [1.165, 1.54) is 10.6 Å². The topological polar surface area (TPSA) is 129 Å². The van der Waals surface area contributed by atoms with E-state index < -0.39 is 22.5 Å². The number of carbonyl (C=O) groups excluding carboxylic acids is 1. The van der Waals surface area contributed by atoms with Crippen molar-refractivity contribution in [2.45, 2.75) is 19.9 Å². The van der Waals surface area contributed by atoms with Crippen LogP contribution in [0, 0.1) is 15.9 Å². The normalized spacial score (nSPS) is 14.6. The molecule has 3 heterocycles. The lowest BCUT2D eigenvalue weighted by Crippen LogP contribution is -2.40. The summed E-state index contributed by atoms with van der Waals surface area (Å²) in [5.74, 6) is -0.118. The first kappa shape index (κ1) is 29.5. The number of rotatable bonds is 8. The first-order valence-corrected chi connectivity index (χ1v) is 14.7. The number of halogens is 1. The molecule has 0 bridgehead atoms. The molecular weight excluding hydrogens is 599 g/mol. The van der Waals surface area contributed by atoms with Gasteiger partial charge in [0.05, 0.1) is 33.4 Å². The van der Waals surface area contributed by atoms with Gasteiger partial charge in [0.2, 0.25) is 5.82 Å². The van der Waals surface area contributed by atoms with Crippen LogP contribution in [-0.2, 0) is 4.79 Å². The zero-order valence-electron chi connectivity index (χ0n) is 24.0. The van der Waals surface area contributed by atoms with E-state index in [1.807, 2.05) is 37.3 Å². The number of ether oxygens (including phenoxy) is 1. The van der Waals surface area contributed by atoms with Crippen molar-refractivity contribution >= 4 is 34.7 Å². The second-order valence-corrected chi connectivity index (χ2v) is 11.0. The molecule has 12 heteroatoms. The minimum atomic E-state index is -0.953. The van der Waals surface area contributed by atoms with Crippen LogP contribution in [0.25, 0.3) is 17.4 Å². The van der Waals surface area contributed by atoms with Crippen LogP contribution in [0.1, 0.15) is 31.2 Å². The molecule has 0 fully saturated rings. The molecule has 226 valence electrons. The van der Waals surface area contributed by atoms with Gasteiger partial charge in [0.15, 0.2) is 4.80 Å². The van der Waals surface area contributed by atoms with Crippen molar-refractivity contribution in [3.8, 4) is 17.1 Å². The monoisotopic (exact) mass is 624 g/mol. The second kappa shape index (κ2) is 12.2. The molecule has 0 aliphatic carbocycles. The van der Waals surface area contributed by atoms with Crippen LogP contribution >= 0.6 is 11.3 Å². The third kappa shape index (κ3) is 5.83. The molecule has 3 aromatic carbocycles. The Hall–Kier alpha value is -5.62. The minimum Gasteiger partial charge on any atom is -0.494 e. The number of anilines is 1. The van der Waals surface area contributed by atoms with Gasteiger partial charge in [-0.1, -0.05) is 41.7 Å². The lowest BCUT2D eigenvalue weighted by Gasteiger charge is -2.25. The van der Waals surface area contributed by atoms with Gasteiger partial charge in [0.1, 0.15) is 17.3 Å². The number of nitrogens with one attached hydrogen (secondary N) is 1. The Balaban J connectivity index is 1.43. The third-order valence-corrected chi connectivity index (χ3v) is 8.12. The molecule has 1 aliphatic heterocycles. The molecule has 1 atom stereocenters. The Bertz CT molecular complexity index is 2150. The van der Waals surface area contributed by atoms with Crippen LogP contribution in [0.5, 0.6) is 5.75 Å². The lowest BCUT2D eigenvalue weighted by atomic mass is 9.95. The summed E-state index contributed by atoms with van der Waals surface area (Å²) < 4.78 is 27.1. The van der Waals surface area contributed by atoms with Crippen LogP contribution in [0.15, 0.2) is 110 Å². The molecule has 0 saturated carbocycles. The zero-order valence-corrected chi connectivity index (χ0v) is 24.8. The fourth-order valence-electron chi connectivity index (χ4n) is 5.08. The Morgan fingerprint density at radius 3 is 2.60 bits per heavy atom. The number of fused-ring (bicyclic) bond motifs is 1. The second-order valence-electron chi connectivity index (χ2n) is 10.0. The highest BCUT2D eigenvalue weighted by molar-refractivity contribution is 7.07.